The summed E-state index contributed by atoms with van der Waals surface area (Å²) in [6.45, 7) is 8.23. The van der Waals surface area contributed by atoms with E-state index < -0.39 is 11.6 Å². The number of aryl methyl sites for hydroxylation is 1. The summed E-state index contributed by atoms with van der Waals surface area (Å²) >= 11 is 0. The van der Waals surface area contributed by atoms with E-state index in [1.807, 2.05) is 10.7 Å². The standard InChI is InChI=1S/C31H30F2N6/c1-18(2)29-24-13-22(4-5-28(24)37-30(29)23-10-19(3)31-35-17-36-39(31)15-23)21-6-8-38(9-7-21)16-25-26(32)11-20(14-34)12-27(25)33/h4-5,10-13,15,17-18,21,37H,6-9,16H2,1-3H3. The van der Waals surface area contributed by atoms with Crippen LogP contribution in [-0.4, -0.2) is 37.6 Å². The smallest absolute Gasteiger partial charge is 0.158 e. The van der Waals surface area contributed by atoms with Gasteiger partial charge in [-0.15, -0.1) is 0 Å². The highest BCUT2D eigenvalue weighted by molar-refractivity contribution is 5.92. The summed E-state index contributed by atoms with van der Waals surface area (Å²) in [6.07, 6.45) is 5.45. The number of nitrogens with zero attached hydrogens (tertiary/aromatic N) is 5. The van der Waals surface area contributed by atoms with Crippen LogP contribution < -0.4 is 0 Å². The predicted octanol–water partition coefficient (Wildman–Crippen LogP) is 6.84. The fraction of sp³-hybridized carbons (Fsp3) is 0.323. The summed E-state index contributed by atoms with van der Waals surface area (Å²) in [5.41, 5.74) is 7.87. The molecule has 6 rings (SSSR count). The summed E-state index contributed by atoms with van der Waals surface area (Å²) in [5, 5.41) is 14.5. The first-order chi connectivity index (χ1) is 18.8. The lowest BCUT2D eigenvalue weighted by Gasteiger charge is -2.32. The zero-order valence-electron chi connectivity index (χ0n) is 22.3. The van der Waals surface area contributed by atoms with Crippen LogP contribution in [0.4, 0.5) is 8.78 Å². The van der Waals surface area contributed by atoms with Gasteiger partial charge in [0.25, 0.3) is 0 Å². The Bertz CT molecular complexity index is 1710. The molecule has 8 heteroatoms. The summed E-state index contributed by atoms with van der Waals surface area (Å²) < 4.78 is 30.7. The van der Waals surface area contributed by atoms with E-state index in [2.05, 4.69) is 65.0 Å². The van der Waals surface area contributed by atoms with E-state index in [9.17, 15) is 8.78 Å². The molecule has 5 aromatic rings. The van der Waals surface area contributed by atoms with Crippen molar-refractivity contribution in [2.75, 3.05) is 13.1 Å². The number of aromatic nitrogens is 4. The summed E-state index contributed by atoms with van der Waals surface area (Å²) in [7, 11) is 0. The quantitative estimate of drug-likeness (QED) is 0.273. The van der Waals surface area contributed by atoms with Crippen LogP contribution in [0.2, 0.25) is 0 Å². The van der Waals surface area contributed by atoms with Gasteiger partial charge < -0.3 is 4.98 Å². The molecule has 0 amide bonds. The molecular weight excluding hydrogens is 494 g/mol. The van der Waals surface area contributed by atoms with Gasteiger partial charge in [-0.05, 0) is 91.7 Å². The second-order valence-corrected chi connectivity index (χ2v) is 10.9. The molecule has 0 aliphatic carbocycles. The van der Waals surface area contributed by atoms with E-state index in [0.717, 1.165) is 66.0 Å². The number of rotatable bonds is 5. The predicted molar refractivity (Wildman–Crippen MR) is 147 cm³/mol. The Morgan fingerprint density at radius 1 is 1.10 bits per heavy atom. The number of piperidine rings is 1. The van der Waals surface area contributed by atoms with Gasteiger partial charge in [0, 0.05) is 34.8 Å². The van der Waals surface area contributed by atoms with Gasteiger partial charge >= 0.3 is 0 Å². The third kappa shape index (κ3) is 4.57. The minimum atomic E-state index is -0.651. The molecule has 3 aromatic heterocycles. The van der Waals surface area contributed by atoms with E-state index in [0.29, 0.717) is 11.8 Å². The Labute approximate surface area is 225 Å². The number of likely N-dealkylation sites (tertiary alicyclic amines) is 1. The Morgan fingerprint density at radius 2 is 1.85 bits per heavy atom. The number of benzene rings is 2. The molecular formula is C31H30F2N6. The number of nitriles is 1. The van der Waals surface area contributed by atoms with Crippen molar-refractivity contribution >= 4 is 16.6 Å². The van der Waals surface area contributed by atoms with Gasteiger partial charge in [0.05, 0.1) is 17.3 Å². The van der Waals surface area contributed by atoms with Crippen molar-refractivity contribution in [1.82, 2.24) is 24.5 Å². The lowest BCUT2D eigenvalue weighted by molar-refractivity contribution is 0.200. The first-order valence-electron chi connectivity index (χ1n) is 13.4. The molecule has 4 heterocycles. The van der Waals surface area contributed by atoms with Crippen molar-refractivity contribution in [2.24, 2.45) is 0 Å². The highest BCUT2D eigenvalue weighted by Gasteiger charge is 2.24. The van der Waals surface area contributed by atoms with Gasteiger partial charge in [-0.25, -0.2) is 18.3 Å². The molecule has 0 saturated carbocycles. The molecule has 0 radical (unpaired) electrons. The number of halogens is 2. The normalized spacial score (nSPS) is 15.0. The number of hydrogen-bond acceptors (Lipinski definition) is 4. The second-order valence-electron chi connectivity index (χ2n) is 10.9. The van der Waals surface area contributed by atoms with Crippen LogP contribution in [0.5, 0.6) is 0 Å². The molecule has 1 fully saturated rings. The number of fused-ring (bicyclic) bond motifs is 2. The van der Waals surface area contributed by atoms with Crippen LogP contribution in [0.1, 0.15) is 66.3 Å². The first-order valence-corrected chi connectivity index (χ1v) is 13.4. The lowest BCUT2D eigenvalue weighted by atomic mass is 9.87. The molecule has 1 N–H and O–H groups in total. The minimum Gasteiger partial charge on any atom is -0.354 e. The topological polar surface area (TPSA) is 73.0 Å². The van der Waals surface area contributed by atoms with Crippen LogP contribution >= 0.6 is 0 Å². The lowest BCUT2D eigenvalue weighted by Crippen LogP contribution is -2.33. The number of nitrogens with one attached hydrogen (secondary N) is 1. The van der Waals surface area contributed by atoms with Crippen molar-refractivity contribution in [3.63, 3.8) is 0 Å². The second kappa shape index (κ2) is 9.90. The first kappa shape index (κ1) is 25.2. The molecule has 0 spiro atoms. The average molecular weight is 525 g/mol. The van der Waals surface area contributed by atoms with E-state index >= 15 is 0 Å². The highest BCUT2D eigenvalue weighted by atomic mass is 19.1. The molecule has 6 nitrogen and oxygen atoms in total. The van der Waals surface area contributed by atoms with Gasteiger partial charge in [-0.3, -0.25) is 4.90 Å². The number of hydrogen-bond donors (Lipinski definition) is 1. The molecule has 1 saturated heterocycles. The Balaban J connectivity index is 1.25. The Kier molecular flexibility index (Phi) is 6.40. The zero-order valence-corrected chi connectivity index (χ0v) is 22.3. The van der Waals surface area contributed by atoms with Crippen molar-refractivity contribution in [3.8, 4) is 17.3 Å². The molecule has 39 heavy (non-hydrogen) atoms. The van der Waals surface area contributed by atoms with Gasteiger partial charge in [-0.2, -0.15) is 10.4 Å². The molecule has 0 unspecified atom stereocenters. The van der Waals surface area contributed by atoms with Crippen molar-refractivity contribution in [2.45, 2.75) is 52.0 Å². The molecule has 198 valence electrons. The third-order valence-corrected chi connectivity index (χ3v) is 8.00. The summed E-state index contributed by atoms with van der Waals surface area (Å²) in [5.74, 6) is -0.605. The summed E-state index contributed by atoms with van der Waals surface area (Å²) in [4.78, 5) is 10.1. The highest BCUT2D eigenvalue weighted by Crippen LogP contribution is 2.39. The Morgan fingerprint density at radius 3 is 2.54 bits per heavy atom. The monoisotopic (exact) mass is 524 g/mol. The zero-order chi connectivity index (χ0) is 27.3. The molecule has 2 aromatic carbocycles. The largest absolute Gasteiger partial charge is 0.354 e. The van der Waals surface area contributed by atoms with E-state index in [1.54, 1.807) is 12.4 Å². The van der Waals surface area contributed by atoms with Gasteiger partial charge in [0.2, 0.25) is 0 Å². The van der Waals surface area contributed by atoms with Crippen LogP contribution in [0, 0.1) is 29.9 Å². The maximum Gasteiger partial charge on any atom is 0.158 e. The molecule has 1 aliphatic heterocycles. The number of H-pyrrole nitrogens is 1. The fourth-order valence-corrected chi connectivity index (χ4v) is 6.01. The van der Waals surface area contributed by atoms with E-state index in [4.69, 9.17) is 5.26 Å². The van der Waals surface area contributed by atoms with Crippen LogP contribution in [-0.2, 0) is 6.54 Å². The van der Waals surface area contributed by atoms with Gasteiger partial charge in [0.15, 0.2) is 5.65 Å². The SMILES string of the molecule is Cc1cc(-c2[nH]c3ccc(C4CCN(Cc5c(F)cc(C#N)cc5F)CC4)cc3c2C(C)C)cn2ncnc12. The average Bonchev–Trinajstić information content (AvgIpc) is 3.55. The number of pyridine rings is 1. The fourth-order valence-electron chi connectivity index (χ4n) is 6.01. The van der Waals surface area contributed by atoms with E-state index in [1.165, 1.54) is 16.5 Å². The maximum absolute atomic E-state index is 14.4. The van der Waals surface area contributed by atoms with Gasteiger partial charge in [-0.1, -0.05) is 19.9 Å². The van der Waals surface area contributed by atoms with Gasteiger partial charge in [0.1, 0.15) is 18.0 Å². The molecule has 0 atom stereocenters. The maximum atomic E-state index is 14.4. The molecule has 0 bridgehead atoms. The van der Waals surface area contributed by atoms with Crippen molar-refractivity contribution < 1.29 is 8.78 Å². The van der Waals surface area contributed by atoms with E-state index in [-0.39, 0.29) is 17.7 Å². The molecule has 1 aliphatic rings. The summed E-state index contributed by atoms with van der Waals surface area (Å²) in [6, 6.07) is 12.9. The number of aromatic amines is 1. The minimum absolute atomic E-state index is 0.00520. The third-order valence-electron chi connectivity index (χ3n) is 8.00. The van der Waals surface area contributed by atoms with Crippen molar-refractivity contribution in [1.29, 1.82) is 5.26 Å². The van der Waals surface area contributed by atoms with Crippen LogP contribution in [0.15, 0.2) is 48.9 Å². The van der Waals surface area contributed by atoms with Crippen LogP contribution in [0.3, 0.4) is 0 Å². The van der Waals surface area contributed by atoms with Crippen molar-refractivity contribution in [3.05, 3.63) is 88.4 Å². The van der Waals surface area contributed by atoms with Crippen LogP contribution in [0.25, 0.3) is 27.8 Å². The Hall–Kier alpha value is -4.09.